The van der Waals surface area contributed by atoms with Crippen molar-refractivity contribution >= 4 is 17.0 Å². The summed E-state index contributed by atoms with van der Waals surface area (Å²) < 4.78 is 10.1. The summed E-state index contributed by atoms with van der Waals surface area (Å²) in [6.45, 7) is 1.83. The van der Waals surface area contributed by atoms with Crippen LogP contribution >= 0.6 is 0 Å². The Morgan fingerprint density at radius 1 is 1.26 bits per heavy atom. The Bertz CT molecular complexity index is 808. The highest BCUT2D eigenvalue weighted by Gasteiger charge is 2.11. The molecule has 0 aliphatic carbocycles. The Morgan fingerprint density at radius 3 is 2.83 bits per heavy atom. The van der Waals surface area contributed by atoms with E-state index in [-0.39, 0.29) is 12.4 Å². The van der Waals surface area contributed by atoms with E-state index in [9.17, 15) is 9.90 Å². The Kier molecular flexibility index (Phi) is 4.14. The number of aromatic amines is 1. The van der Waals surface area contributed by atoms with Gasteiger partial charge in [0.15, 0.2) is 6.61 Å². The number of hydrogen-bond donors (Lipinski definition) is 2. The van der Waals surface area contributed by atoms with Gasteiger partial charge in [-0.25, -0.2) is 9.78 Å². The van der Waals surface area contributed by atoms with E-state index < -0.39 is 5.97 Å². The van der Waals surface area contributed by atoms with Gasteiger partial charge in [0, 0.05) is 6.07 Å². The molecule has 6 heteroatoms. The summed E-state index contributed by atoms with van der Waals surface area (Å²) in [5.41, 5.74) is 2.28. The van der Waals surface area contributed by atoms with Crippen molar-refractivity contribution in [2.24, 2.45) is 0 Å². The molecule has 0 spiro atoms. The number of imidazole rings is 1. The van der Waals surface area contributed by atoms with E-state index in [0.29, 0.717) is 23.7 Å². The van der Waals surface area contributed by atoms with Crippen molar-refractivity contribution < 1.29 is 19.4 Å². The number of para-hydroxylation sites is 2. The van der Waals surface area contributed by atoms with Gasteiger partial charge in [-0.3, -0.25) is 0 Å². The number of phenolic OH excluding ortho intramolecular Hbond substituents is 1. The largest absolute Gasteiger partial charge is 0.507 e. The quantitative estimate of drug-likeness (QED) is 0.708. The average Bonchev–Trinajstić information content (AvgIpc) is 2.97. The van der Waals surface area contributed by atoms with Crippen LogP contribution in [-0.4, -0.2) is 34.3 Å². The van der Waals surface area contributed by atoms with Crippen LogP contribution in [0, 0.1) is 0 Å². The van der Waals surface area contributed by atoms with E-state index >= 15 is 0 Å². The number of fused-ring (bicyclic) bond motifs is 1. The molecule has 0 unspecified atom stereocenters. The molecule has 0 amide bonds. The molecule has 0 fully saturated rings. The maximum absolute atomic E-state index is 11.3. The van der Waals surface area contributed by atoms with E-state index in [0.717, 1.165) is 11.0 Å². The first-order chi connectivity index (χ1) is 11.2. The highest BCUT2D eigenvalue weighted by molar-refractivity contribution is 5.80. The van der Waals surface area contributed by atoms with Crippen LogP contribution < -0.4 is 4.74 Å². The van der Waals surface area contributed by atoms with Gasteiger partial charge in [0.05, 0.1) is 23.2 Å². The van der Waals surface area contributed by atoms with E-state index in [2.05, 4.69) is 9.97 Å². The molecule has 0 aliphatic rings. The van der Waals surface area contributed by atoms with Crippen LogP contribution in [0.2, 0.25) is 0 Å². The summed E-state index contributed by atoms with van der Waals surface area (Å²) in [6.07, 6.45) is 0. The van der Waals surface area contributed by atoms with E-state index in [1.54, 1.807) is 19.1 Å². The Labute approximate surface area is 132 Å². The zero-order valence-electron chi connectivity index (χ0n) is 12.6. The summed E-state index contributed by atoms with van der Waals surface area (Å²) in [4.78, 5) is 18.9. The Morgan fingerprint density at radius 2 is 2.09 bits per heavy atom. The van der Waals surface area contributed by atoms with Crippen LogP contribution in [0.3, 0.4) is 0 Å². The highest BCUT2D eigenvalue weighted by Crippen LogP contribution is 2.31. The molecule has 6 nitrogen and oxygen atoms in total. The maximum Gasteiger partial charge on any atom is 0.344 e. The number of aromatic nitrogens is 2. The zero-order chi connectivity index (χ0) is 16.2. The van der Waals surface area contributed by atoms with Gasteiger partial charge < -0.3 is 19.6 Å². The van der Waals surface area contributed by atoms with Gasteiger partial charge >= 0.3 is 5.97 Å². The fraction of sp³-hybridized carbons (Fsp3) is 0.176. The molecule has 3 rings (SSSR count). The number of hydrogen-bond acceptors (Lipinski definition) is 5. The first-order valence-corrected chi connectivity index (χ1v) is 7.24. The molecule has 1 aromatic heterocycles. The molecule has 0 bridgehead atoms. The summed E-state index contributed by atoms with van der Waals surface area (Å²) in [6, 6.07) is 12.4. The minimum absolute atomic E-state index is 0.0189. The number of ether oxygens (including phenoxy) is 2. The van der Waals surface area contributed by atoms with Gasteiger partial charge in [-0.2, -0.15) is 0 Å². The third-order valence-corrected chi connectivity index (χ3v) is 3.28. The SMILES string of the molecule is CCOC(=O)COc1ccc(-c2nc3ccccc3[nH]2)c(O)c1. The second-order valence-electron chi connectivity index (χ2n) is 4.88. The zero-order valence-corrected chi connectivity index (χ0v) is 12.6. The lowest BCUT2D eigenvalue weighted by molar-refractivity contribution is -0.145. The van der Waals surface area contributed by atoms with Crippen LogP contribution in [0.5, 0.6) is 11.5 Å². The fourth-order valence-electron chi connectivity index (χ4n) is 2.23. The van der Waals surface area contributed by atoms with Crippen LogP contribution in [0.25, 0.3) is 22.4 Å². The first kappa shape index (κ1) is 14.9. The van der Waals surface area contributed by atoms with E-state index in [4.69, 9.17) is 9.47 Å². The van der Waals surface area contributed by atoms with Crippen molar-refractivity contribution in [1.82, 2.24) is 9.97 Å². The van der Waals surface area contributed by atoms with Crippen molar-refractivity contribution in [2.45, 2.75) is 6.92 Å². The van der Waals surface area contributed by atoms with Crippen LogP contribution in [-0.2, 0) is 9.53 Å². The minimum atomic E-state index is -0.451. The summed E-state index contributed by atoms with van der Waals surface area (Å²) in [7, 11) is 0. The normalized spacial score (nSPS) is 10.7. The molecule has 0 atom stereocenters. The molecule has 1 heterocycles. The number of rotatable bonds is 5. The number of H-pyrrole nitrogens is 1. The predicted molar refractivity (Wildman–Crippen MR) is 85.3 cm³/mol. The number of aromatic hydroxyl groups is 1. The van der Waals surface area contributed by atoms with Gasteiger partial charge in [0.1, 0.15) is 17.3 Å². The molecular formula is C17H16N2O4. The third-order valence-electron chi connectivity index (χ3n) is 3.28. The van der Waals surface area contributed by atoms with Crippen LogP contribution in [0.15, 0.2) is 42.5 Å². The Balaban J connectivity index is 1.80. The van der Waals surface area contributed by atoms with Crippen molar-refractivity contribution in [2.75, 3.05) is 13.2 Å². The minimum Gasteiger partial charge on any atom is -0.507 e. The highest BCUT2D eigenvalue weighted by atomic mass is 16.6. The molecule has 0 saturated heterocycles. The second kappa shape index (κ2) is 6.39. The average molecular weight is 312 g/mol. The lowest BCUT2D eigenvalue weighted by atomic mass is 10.2. The smallest absolute Gasteiger partial charge is 0.344 e. The number of carbonyl (C=O) groups excluding carboxylic acids is 1. The summed E-state index contributed by atoms with van der Waals surface area (Å²) >= 11 is 0. The number of nitrogens with zero attached hydrogens (tertiary/aromatic N) is 1. The van der Waals surface area contributed by atoms with Crippen molar-refractivity contribution in [1.29, 1.82) is 0 Å². The molecule has 2 N–H and O–H groups in total. The summed E-state index contributed by atoms with van der Waals surface area (Å²) in [5.74, 6) is 0.523. The van der Waals surface area contributed by atoms with Crippen molar-refractivity contribution in [3.63, 3.8) is 0 Å². The number of nitrogens with one attached hydrogen (secondary N) is 1. The van der Waals surface area contributed by atoms with Gasteiger partial charge in [-0.15, -0.1) is 0 Å². The molecular weight excluding hydrogens is 296 g/mol. The van der Waals surface area contributed by atoms with Gasteiger partial charge in [0.2, 0.25) is 0 Å². The van der Waals surface area contributed by atoms with Gasteiger partial charge in [-0.05, 0) is 31.2 Å². The maximum atomic E-state index is 11.3. The molecule has 0 saturated carbocycles. The predicted octanol–water partition coefficient (Wildman–Crippen LogP) is 2.88. The monoisotopic (exact) mass is 312 g/mol. The number of benzene rings is 2. The third kappa shape index (κ3) is 3.26. The molecule has 0 aliphatic heterocycles. The molecule has 3 aromatic rings. The fourth-order valence-corrected chi connectivity index (χ4v) is 2.23. The lowest BCUT2D eigenvalue weighted by Crippen LogP contribution is -2.14. The topological polar surface area (TPSA) is 84.4 Å². The van der Waals surface area contributed by atoms with Crippen molar-refractivity contribution in [3.8, 4) is 22.9 Å². The summed E-state index contributed by atoms with van der Waals surface area (Å²) in [5, 5.41) is 10.2. The molecule has 118 valence electrons. The van der Waals surface area contributed by atoms with E-state index in [1.165, 1.54) is 6.07 Å². The number of esters is 1. The molecule has 23 heavy (non-hydrogen) atoms. The number of carbonyl (C=O) groups is 1. The lowest BCUT2D eigenvalue weighted by Gasteiger charge is -2.07. The Hall–Kier alpha value is -3.02. The van der Waals surface area contributed by atoms with Crippen molar-refractivity contribution in [3.05, 3.63) is 42.5 Å². The molecule has 2 aromatic carbocycles. The van der Waals surface area contributed by atoms with Gasteiger partial charge in [-0.1, -0.05) is 12.1 Å². The van der Waals surface area contributed by atoms with Crippen LogP contribution in [0.1, 0.15) is 6.92 Å². The first-order valence-electron chi connectivity index (χ1n) is 7.24. The van der Waals surface area contributed by atoms with Gasteiger partial charge in [0.25, 0.3) is 0 Å². The van der Waals surface area contributed by atoms with E-state index in [1.807, 2.05) is 24.3 Å². The standard InChI is InChI=1S/C17H16N2O4/c1-2-22-16(21)10-23-11-7-8-12(15(20)9-11)17-18-13-5-3-4-6-14(13)19-17/h3-9,20H,2,10H2,1H3,(H,18,19). The molecule has 0 radical (unpaired) electrons. The van der Waals surface area contributed by atoms with Crippen LogP contribution in [0.4, 0.5) is 0 Å². The second-order valence-corrected chi connectivity index (χ2v) is 4.88. The number of phenols is 1.